The summed E-state index contributed by atoms with van der Waals surface area (Å²) in [5.41, 5.74) is 0.657. The first-order chi connectivity index (χ1) is 9.88. The van der Waals surface area contributed by atoms with Crippen LogP contribution < -0.4 is 5.32 Å². The van der Waals surface area contributed by atoms with E-state index >= 15 is 0 Å². The summed E-state index contributed by atoms with van der Waals surface area (Å²) in [7, 11) is 0. The summed E-state index contributed by atoms with van der Waals surface area (Å²) in [6.07, 6.45) is 1.46. The van der Waals surface area contributed by atoms with Crippen molar-refractivity contribution in [2.45, 2.75) is 32.2 Å². The molecule has 0 radical (unpaired) electrons. The van der Waals surface area contributed by atoms with Crippen LogP contribution in [-0.4, -0.2) is 23.0 Å². The van der Waals surface area contributed by atoms with Gasteiger partial charge in [0.1, 0.15) is 0 Å². The molecular weight excluding hydrogens is 280 g/mol. The van der Waals surface area contributed by atoms with Crippen molar-refractivity contribution in [2.75, 3.05) is 0 Å². The number of aliphatic carboxylic acids is 1. The van der Waals surface area contributed by atoms with Crippen LogP contribution in [0.4, 0.5) is 8.78 Å². The molecule has 1 amide bonds. The molecule has 1 saturated carbocycles. The van der Waals surface area contributed by atoms with E-state index in [0.29, 0.717) is 24.8 Å². The Morgan fingerprint density at radius 3 is 2.62 bits per heavy atom. The van der Waals surface area contributed by atoms with E-state index in [-0.39, 0.29) is 11.9 Å². The number of amides is 1. The van der Waals surface area contributed by atoms with Gasteiger partial charge in [-0.15, -0.1) is 0 Å². The first kappa shape index (κ1) is 15.4. The molecule has 0 heterocycles. The second kappa shape index (κ2) is 6.20. The molecule has 0 aliphatic heterocycles. The zero-order valence-corrected chi connectivity index (χ0v) is 11.6. The van der Waals surface area contributed by atoms with Crippen molar-refractivity contribution in [3.05, 3.63) is 35.4 Å². The number of halogens is 2. The number of aryl methyl sites for hydroxylation is 1. The number of carboxylic acids is 1. The van der Waals surface area contributed by atoms with Gasteiger partial charge < -0.3 is 10.4 Å². The smallest absolute Gasteiger partial charge is 0.307 e. The maximum atomic E-state index is 13.0. The first-order valence-corrected chi connectivity index (χ1v) is 6.85. The summed E-state index contributed by atoms with van der Waals surface area (Å²) in [5.74, 6) is -3.96. The minimum Gasteiger partial charge on any atom is -0.481 e. The lowest BCUT2D eigenvalue weighted by molar-refractivity contribution is -0.140. The molecule has 0 aromatic heterocycles. The van der Waals surface area contributed by atoms with Crippen molar-refractivity contribution < 1.29 is 23.5 Å². The standard InChI is InChI=1S/C15H17F2NO3/c1-8(18-14(19)10-7-11(10)15(20)21)2-3-9-4-5-12(16)13(17)6-9/h4-6,8,10-11H,2-3,7H2,1H3,(H,18,19)(H,20,21)/t8-,10-,11-/m1/s1. The van der Waals surface area contributed by atoms with Crippen LogP contribution in [0, 0.1) is 23.5 Å². The van der Waals surface area contributed by atoms with Gasteiger partial charge in [-0.05, 0) is 43.9 Å². The molecule has 1 fully saturated rings. The average Bonchev–Trinajstić information content (AvgIpc) is 3.20. The highest BCUT2D eigenvalue weighted by Gasteiger charge is 2.48. The lowest BCUT2D eigenvalue weighted by Crippen LogP contribution is -2.34. The Bertz CT molecular complexity index is 562. The zero-order valence-electron chi connectivity index (χ0n) is 11.6. The zero-order chi connectivity index (χ0) is 15.6. The Kier molecular flexibility index (Phi) is 4.55. The summed E-state index contributed by atoms with van der Waals surface area (Å²) < 4.78 is 25.8. The molecule has 0 spiro atoms. The molecule has 114 valence electrons. The molecule has 6 heteroatoms. The predicted molar refractivity (Wildman–Crippen MR) is 71.5 cm³/mol. The molecule has 3 atom stereocenters. The fourth-order valence-corrected chi connectivity index (χ4v) is 2.26. The van der Waals surface area contributed by atoms with Crippen LogP contribution in [0.1, 0.15) is 25.3 Å². The van der Waals surface area contributed by atoms with E-state index in [9.17, 15) is 18.4 Å². The van der Waals surface area contributed by atoms with Gasteiger partial charge in [-0.25, -0.2) is 8.78 Å². The number of carbonyl (C=O) groups excluding carboxylic acids is 1. The Morgan fingerprint density at radius 1 is 1.33 bits per heavy atom. The number of hydrogen-bond donors (Lipinski definition) is 2. The van der Waals surface area contributed by atoms with Gasteiger partial charge in [0, 0.05) is 6.04 Å². The van der Waals surface area contributed by atoms with Gasteiger partial charge in [-0.2, -0.15) is 0 Å². The molecule has 2 N–H and O–H groups in total. The number of nitrogens with one attached hydrogen (secondary N) is 1. The van der Waals surface area contributed by atoms with Crippen LogP contribution in [0.25, 0.3) is 0 Å². The number of carboxylic acid groups (broad SMARTS) is 1. The maximum Gasteiger partial charge on any atom is 0.307 e. The van der Waals surface area contributed by atoms with Crippen LogP contribution in [0.3, 0.4) is 0 Å². The molecule has 4 nitrogen and oxygen atoms in total. The average molecular weight is 297 g/mol. The van der Waals surface area contributed by atoms with Crippen molar-refractivity contribution in [2.24, 2.45) is 11.8 Å². The van der Waals surface area contributed by atoms with Gasteiger partial charge in [0.05, 0.1) is 11.8 Å². The molecule has 0 unspecified atom stereocenters. The van der Waals surface area contributed by atoms with E-state index in [4.69, 9.17) is 5.11 Å². The number of carbonyl (C=O) groups is 2. The van der Waals surface area contributed by atoms with Gasteiger partial charge in [-0.1, -0.05) is 6.07 Å². The van der Waals surface area contributed by atoms with E-state index < -0.39 is 29.4 Å². The molecular formula is C15H17F2NO3. The lowest BCUT2D eigenvalue weighted by atomic mass is 10.1. The second-order valence-corrected chi connectivity index (χ2v) is 5.48. The monoisotopic (exact) mass is 297 g/mol. The topological polar surface area (TPSA) is 66.4 Å². The van der Waals surface area contributed by atoms with E-state index in [0.717, 1.165) is 12.1 Å². The van der Waals surface area contributed by atoms with Crippen molar-refractivity contribution in [3.63, 3.8) is 0 Å². The highest BCUT2D eigenvalue weighted by Crippen LogP contribution is 2.38. The minimum absolute atomic E-state index is 0.152. The van der Waals surface area contributed by atoms with Gasteiger partial charge in [0.2, 0.25) is 5.91 Å². The highest BCUT2D eigenvalue weighted by molar-refractivity contribution is 5.89. The third-order valence-corrected chi connectivity index (χ3v) is 3.68. The van der Waals surface area contributed by atoms with Crippen molar-refractivity contribution in [3.8, 4) is 0 Å². The fraction of sp³-hybridized carbons (Fsp3) is 0.467. The van der Waals surface area contributed by atoms with Crippen molar-refractivity contribution >= 4 is 11.9 Å². The van der Waals surface area contributed by atoms with Gasteiger partial charge >= 0.3 is 5.97 Å². The summed E-state index contributed by atoms with van der Waals surface area (Å²) >= 11 is 0. The molecule has 1 aliphatic carbocycles. The van der Waals surface area contributed by atoms with Crippen LogP contribution in [0.2, 0.25) is 0 Å². The minimum atomic E-state index is -0.940. The summed E-state index contributed by atoms with van der Waals surface area (Å²) in [4.78, 5) is 22.4. The SMILES string of the molecule is C[C@H](CCc1ccc(F)c(F)c1)NC(=O)[C@@H]1C[C@H]1C(=O)O. The molecule has 0 saturated heterocycles. The van der Waals surface area contributed by atoms with E-state index in [1.54, 1.807) is 6.92 Å². The predicted octanol–water partition coefficient (Wildman–Crippen LogP) is 2.12. The number of rotatable bonds is 6. The number of benzene rings is 1. The Hall–Kier alpha value is -1.98. The molecule has 1 aliphatic rings. The highest BCUT2D eigenvalue weighted by atomic mass is 19.2. The normalized spacial score (nSPS) is 21.7. The third-order valence-electron chi connectivity index (χ3n) is 3.68. The molecule has 21 heavy (non-hydrogen) atoms. The van der Waals surface area contributed by atoms with Crippen LogP contribution >= 0.6 is 0 Å². The van der Waals surface area contributed by atoms with E-state index in [1.807, 2.05) is 0 Å². The van der Waals surface area contributed by atoms with Crippen molar-refractivity contribution in [1.82, 2.24) is 5.32 Å². The van der Waals surface area contributed by atoms with Crippen LogP contribution in [0.15, 0.2) is 18.2 Å². The summed E-state index contributed by atoms with van der Waals surface area (Å²) in [6.45, 7) is 1.80. The fourth-order valence-electron chi connectivity index (χ4n) is 2.26. The first-order valence-electron chi connectivity index (χ1n) is 6.85. The molecule has 1 aromatic carbocycles. The van der Waals surface area contributed by atoms with Crippen molar-refractivity contribution in [1.29, 1.82) is 0 Å². The number of hydrogen-bond acceptors (Lipinski definition) is 2. The van der Waals surface area contributed by atoms with E-state index in [2.05, 4.69) is 5.32 Å². The lowest BCUT2D eigenvalue weighted by Gasteiger charge is -2.13. The molecule has 2 rings (SSSR count). The third kappa shape index (κ3) is 4.00. The van der Waals surface area contributed by atoms with Crippen LogP contribution in [0.5, 0.6) is 0 Å². The van der Waals surface area contributed by atoms with Gasteiger partial charge in [-0.3, -0.25) is 9.59 Å². The van der Waals surface area contributed by atoms with Crippen LogP contribution in [-0.2, 0) is 16.0 Å². The maximum absolute atomic E-state index is 13.0. The second-order valence-electron chi connectivity index (χ2n) is 5.48. The Morgan fingerprint density at radius 2 is 2.05 bits per heavy atom. The largest absolute Gasteiger partial charge is 0.481 e. The molecule has 0 bridgehead atoms. The quantitative estimate of drug-likeness (QED) is 0.845. The summed E-state index contributed by atoms with van der Waals surface area (Å²) in [6, 6.07) is 3.58. The molecule has 1 aromatic rings. The van der Waals surface area contributed by atoms with E-state index in [1.165, 1.54) is 6.07 Å². The van der Waals surface area contributed by atoms with Gasteiger partial charge in [0.15, 0.2) is 11.6 Å². The summed E-state index contributed by atoms with van der Waals surface area (Å²) in [5, 5.41) is 11.5. The van der Waals surface area contributed by atoms with Gasteiger partial charge in [0.25, 0.3) is 0 Å². The Labute approximate surface area is 121 Å². The Balaban J connectivity index is 1.77.